The maximum absolute atomic E-state index is 14.4. The Morgan fingerprint density at radius 3 is 2.32 bits per heavy atom. The summed E-state index contributed by atoms with van der Waals surface area (Å²) in [5.41, 5.74) is -3.38. The van der Waals surface area contributed by atoms with Crippen LogP contribution >= 0.6 is 46.6 Å². The van der Waals surface area contributed by atoms with Gasteiger partial charge in [-0.15, -0.1) is 11.6 Å². The molecule has 4 rings (SSSR count). The van der Waals surface area contributed by atoms with Crippen LogP contribution in [0.15, 0.2) is 46.7 Å². The number of nitrogens with zero attached hydrogens (tertiary/aromatic N) is 1. The third-order valence-electron chi connectivity index (χ3n) is 6.62. The van der Waals surface area contributed by atoms with Gasteiger partial charge >= 0.3 is 6.18 Å². The molecule has 0 spiro atoms. The number of oxime groups is 1. The Labute approximate surface area is 214 Å². The molecule has 0 bridgehead atoms. The molecule has 1 fully saturated rings. The molecule has 11 heteroatoms. The summed E-state index contributed by atoms with van der Waals surface area (Å²) in [6.45, 7) is 5.59. The van der Waals surface area contributed by atoms with Gasteiger partial charge in [0.1, 0.15) is 11.1 Å². The monoisotopic (exact) mass is 552 g/mol. The van der Waals surface area contributed by atoms with Gasteiger partial charge in [0, 0.05) is 27.1 Å². The number of allylic oxidation sites excluding steroid dienone is 3. The SMILES string of the molecule is CC1=CC(C2=NOC(c3cc(Cl)cc(Cl)c3)(C(F)(F)F)C2Cl)=CCC1(C)C(=O)NC1(C)CSC1. The van der Waals surface area contributed by atoms with E-state index in [-0.39, 0.29) is 39.2 Å². The molecule has 3 aliphatic rings. The Morgan fingerprint density at radius 2 is 1.82 bits per heavy atom. The summed E-state index contributed by atoms with van der Waals surface area (Å²) in [5, 5.41) is 5.20. The summed E-state index contributed by atoms with van der Waals surface area (Å²) in [4.78, 5) is 18.1. The van der Waals surface area contributed by atoms with Crippen LogP contribution in [-0.2, 0) is 15.2 Å². The first-order valence-electron chi connectivity index (χ1n) is 10.4. The Kier molecular flexibility index (Phi) is 6.54. The van der Waals surface area contributed by atoms with E-state index < -0.39 is 22.6 Å². The molecule has 1 aliphatic carbocycles. The summed E-state index contributed by atoms with van der Waals surface area (Å²) in [7, 11) is 0. The zero-order valence-electron chi connectivity index (χ0n) is 18.5. The summed E-state index contributed by atoms with van der Waals surface area (Å²) in [6.07, 6.45) is -1.31. The van der Waals surface area contributed by atoms with Gasteiger partial charge in [-0.25, -0.2) is 0 Å². The maximum Gasteiger partial charge on any atom is 0.437 e. The van der Waals surface area contributed by atoms with Crippen molar-refractivity contribution in [3.63, 3.8) is 0 Å². The normalized spacial score (nSPS) is 30.5. The lowest BCUT2D eigenvalue weighted by atomic mass is 9.73. The van der Waals surface area contributed by atoms with E-state index in [4.69, 9.17) is 39.6 Å². The second kappa shape index (κ2) is 8.64. The highest BCUT2D eigenvalue weighted by Gasteiger charge is 2.68. The highest BCUT2D eigenvalue weighted by Crippen LogP contribution is 2.52. The quantitative estimate of drug-likeness (QED) is 0.425. The van der Waals surface area contributed by atoms with Crippen LogP contribution in [0.5, 0.6) is 0 Å². The smallest absolute Gasteiger partial charge is 0.372 e. The molecular weight excluding hydrogens is 532 g/mol. The Morgan fingerprint density at radius 1 is 1.21 bits per heavy atom. The molecule has 1 saturated heterocycles. The number of alkyl halides is 4. The topological polar surface area (TPSA) is 50.7 Å². The Hall–Kier alpha value is -1.35. The number of halogens is 6. The van der Waals surface area contributed by atoms with Crippen molar-refractivity contribution >= 4 is 58.2 Å². The zero-order valence-corrected chi connectivity index (χ0v) is 21.6. The molecule has 3 unspecified atom stereocenters. The van der Waals surface area contributed by atoms with Crippen molar-refractivity contribution in [2.24, 2.45) is 10.6 Å². The molecule has 1 aromatic carbocycles. The highest BCUT2D eigenvalue weighted by molar-refractivity contribution is 8.00. The van der Waals surface area contributed by atoms with Crippen molar-refractivity contribution in [2.75, 3.05) is 11.5 Å². The summed E-state index contributed by atoms with van der Waals surface area (Å²) in [6, 6.07) is 3.55. The number of thioether (sulfide) groups is 1. The fourth-order valence-corrected chi connectivity index (χ4v) is 6.14. The van der Waals surface area contributed by atoms with Gasteiger partial charge in [0.15, 0.2) is 0 Å². The molecule has 0 radical (unpaired) electrons. The van der Waals surface area contributed by atoms with Crippen LogP contribution in [-0.4, -0.2) is 40.2 Å². The van der Waals surface area contributed by atoms with Gasteiger partial charge in [0.05, 0.1) is 11.0 Å². The largest absolute Gasteiger partial charge is 0.437 e. The molecule has 2 heterocycles. The summed E-state index contributed by atoms with van der Waals surface area (Å²) >= 11 is 20.1. The maximum atomic E-state index is 14.4. The predicted octanol–water partition coefficient (Wildman–Crippen LogP) is 6.65. The van der Waals surface area contributed by atoms with Crippen molar-refractivity contribution in [2.45, 2.75) is 49.9 Å². The van der Waals surface area contributed by atoms with Crippen molar-refractivity contribution in [1.29, 1.82) is 0 Å². The van der Waals surface area contributed by atoms with E-state index in [9.17, 15) is 18.0 Å². The first kappa shape index (κ1) is 25.7. The average Bonchev–Trinajstić information content (AvgIpc) is 3.06. The fourth-order valence-electron chi connectivity index (χ4n) is 4.20. The third-order valence-corrected chi connectivity index (χ3v) is 9.26. The minimum absolute atomic E-state index is 0.0139. The van der Waals surface area contributed by atoms with E-state index in [0.29, 0.717) is 11.1 Å². The van der Waals surface area contributed by atoms with Crippen LogP contribution in [0.4, 0.5) is 13.2 Å². The van der Waals surface area contributed by atoms with Crippen LogP contribution in [0.1, 0.15) is 32.8 Å². The van der Waals surface area contributed by atoms with E-state index >= 15 is 0 Å². The molecule has 0 saturated carbocycles. The number of carbonyl (C=O) groups excluding carboxylic acids is 1. The lowest BCUT2D eigenvalue weighted by Crippen LogP contribution is -2.59. The number of carbonyl (C=O) groups is 1. The van der Waals surface area contributed by atoms with Gasteiger partial charge in [0.25, 0.3) is 5.60 Å². The lowest BCUT2D eigenvalue weighted by molar-refractivity contribution is -0.274. The molecule has 2 aliphatic heterocycles. The van der Waals surface area contributed by atoms with Crippen molar-refractivity contribution in [1.82, 2.24) is 5.32 Å². The van der Waals surface area contributed by atoms with Gasteiger partial charge in [-0.05, 0) is 51.0 Å². The van der Waals surface area contributed by atoms with Crippen molar-refractivity contribution in [3.8, 4) is 0 Å². The van der Waals surface area contributed by atoms with Crippen molar-refractivity contribution in [3.05, 3.63) is 57.1 Å². The van der Waals surface area contributed by atoms with E-state index in [1.54, 1.807) is 30.8 Å². The summed E-state index contributed by atoms with van der Waals surface area (Å²) in [5.74, 6) is 1.56. The fraction of sp³-hybridized carbons (Fsp3) is 0.478. The van der Waals surface area contributed by atoms with E-state index in [1.165, 1.54) is 6.07 Å². The van der Waals surface area contributed by atoms with E-state index in [0.717, 1.165) is 23.6 Å². The average molecular weight is 554 g/mol. The minimum atomic E-state index is -4.92. The second-order valence-electron chi connectivity index (χ2n) is 9.35. The molecule has 1 N–H and O–H groups in total. The van der Waals surface area contributed by atoms with Crippen molar-refractivity contribution < 1.29 is 22.8 Å². The lowest BCUT2D eigenvalue weighted by Gasteiger charge is -2.42. The third kappa shape index (κ3) is 4.14. The Bertz CT molecular complexity index is 1110. The van der Waals surface area contributed by atoms with Crippen LogP contribution in [0.2, 0.25) is 10.0 Å². The number of rotatable bonds is 4. The van der Waals surface area contributed by atoms with Gasteiger partial charge in [-0.3, -0.25) is 4.79 Å². The van der Waals surface area contributed by atoms with Crippen LogP contribution < -0.4 is 5.32 Å². The number of hydrogen-bond acceptors (Lipinski definition) is 4. The molecule has 184 valence electrons. The van der Waals surface area contributed by atoms with Gasteiger partial charge in [0.2, 0.25) is 5.91 Å². The molecule has 0 aromatic heterocycles. The second-order valence-corrected chi connectivity index (χ2v) is 11.6. The van der Waals surface area contributed by atoms with E-state index in [2.05, 4.69) is 10.5 Å². The van der Waals surface area contributed by atoms with Crippen LogP contribution in [0, 0.1) is 5.41 Å². The van der Waals surface area contributed by atoms with E-state index in [1.807, 2.05) is 13.8 Å². The standard InChI is InChI=1S/C23H22Cl3F3N2O2S/c1-12-6-13(4-5-21(12,3)19(32)30-20(2)10-34-11-20)17-18(26)22(33-31-17,23(27,28)29)14-7-15(24)9-16(25)8-14/h4,6-9,18H,5,10-11H2,1-3H3,(H,30,32). The molecular formula is C23H22Cl3F3N2O2S. The van der Waals surface area contributed by atoms with Gasteiger partial charge < -0.3 is 10.2 Å². The first-order chi connectivity index (χ1) is 15.7. The van der Waals surface area contributed by atoms with Crippen LogP contribution in [0.25, 0.3) is 0 Å². The number of amides is 1. The zero-order chi connectivity index (χ0) is 25.1. The highest BCUT2D eigenvalue weighted by atomic mass is 35.5. The first-order valence-corrected chi connectivity index (χ1v) is 12.8. The Balaban J connectivity index is 1.63. The number of benzene rings is 1. The minimum Gasteiger partial charge on any atom is -0.372 e. The van der Waals surface area contributed by atoms with Crippen LogP contribution in [0.3, 0.4) is 0 Å². The predicted molar refractivity (Wildman–Crippen MR) is 131 cm³/mol. The molecule has 4 nitrogen and oxygen atoms in total. The van der Waals surface area contributed by atoms with Gasteiger partial charge in [-0.1, -0.05) is 46.1 Å². The number of nitrogens with one attached hydrogen (secondary N) is 1. The molecule has 1 amide bonds. The molecule has 34 heavy (non-hydrogen) atoms. The summed E-state index contributed by atoms with van der Waals surface area (Å²) < 4.78 is 43.2. The number of hydrogen-bond donors (Lipinski definition) is 1. The molecule has 3 atom stereocenters. The molecule has 1 aromatic rings. The van der Waals surface area contributed by atoms with Gasteiger partial charge in [-0.2, -0.15) is 24.9 Å².